The average Bonchev–Trinajstić information content (AvgIpc) is 2.72. The number of halogens is 3. The molecule has 154 valence electrons. The van der Waals surface area contributed by atoms with Crippen LogP contribution in [-0.2, 0) is 4.79 Å². The van der Waals surface area contributed by atoms with Crippen LogP contribution in [0.15, 0.2) is 66.7 Å². The minimum atomic E-state index is -0.847. The molecular weight excluding hydrogens is 430 g/mol. The van der Waals surface area contributed by atoms with Gasteiger partial charge in [-0.05, 0) is 67.6 Å². The maximum atomic E-state index is 13.0. The normalized spacial score (nSPS) is 11.5. The Kier molecular flexibility index (Phi) is 6.92. The highest BCUT2D eigenvalue weighted by molar-refractivity contribution is 6.35. The number of anilines is 2. The van der Waals surface area contributed by atoms with Crippen LogP contribution in [-0.4, -0.2) is 17.9 Å². The standard InChI is InChI=1S/C22H17Cl2FN2O3/c1-13(30-20-10-5-15(23)12-19(20)24)21(28)27-18-4-2-3-14(11-18)22(29)26-17-8-6-16(25)7-9-17/h2-13H,1H3,(H,26,29)(H,27,28). The zero-order valence-electron chi connectivity index (χ0n) is 15.8. The Bertz CT molecular complexity index is 1070. The van der Waals surface area contributed by atoms with Crippen molar-refractivity contribution < 1.29 is 18.7 Å². The fourth-order valence-electron chi connectivity index (χ4n) is 2.53. The molecule has 1 unspecified atom stereocenters. The van der Waals surface area contributed by atoms with E-state index in [4.69, 9.17) is 27.9 Å². The fourth-order valence-corrected chi connectivity index (χ4v) is 2.99. The first-order valence-corrected chi connectivity index (χ1v) is 9.67. The summed E-state index contributed by atoms with van der Waals surface area (Å²) in [5.41, 5.74) is 1.20. The van der Waals surface area contributed by atoms with Crippen molar-refractivity contribution in [3.8, 4) is 5.75 Å². The van der Waals surface area contributed by atoms with Gasteiger partial charge in [0.2, 0.25) is 0 Å². The number of rotatable bonds is 6. The topological polar surface area (TPSA) is 67.4 Å². The SMILES string of the molecule is CC(Oc1ccc(Cl)cc1Cl)C(=O)Nc1cccc(C(=O)Nc2ccc(F)cc2)c1. The highest BCUT2D eigenvalue weighted by atomic mass is 35.5. The van der Waals surface area contributed by atoms with Crippen molar-refractivity contribution in [3.05, 3.63) is 88.2 Å². The van der Waals surface area contributed by atoms with E-state index in [0.717, 1.165) is 0 Å². The van der Waals surface area contributed by atoms with Gasteiger partial charge in [-0.3, -0.25) is 9.59 Å². The summed E-state index contributed by atoms with van der Waals surface area (Å²) in [6.45, 7) is 1.57. The lowest BCUT2D eigenvalue weighted by atomic mass is 10.1. The molecule has 30 heavy (non-hydrogen) atoms. The number of amides is 2. The van der Waals surface area contributed by atoms with Gasteiger partial charge in [-0.15, -0.1) is 0 Å². The van der Waals surface area contributed by atoms with Gasteiger partial charge in [-0.2, -0.15) is 0 Å². The van der Waals surface area contributed by atoms with Crippen molar-refractivity contribution in [2.75, 3.05) is 10.6 Å². The Balaban J connectivity index is 1.64. The van der Waals surface area contributed by atoms with Crippen LogP contribution in [0.25, 0.3) is 0 Å². The quantitative estimate of drug-likeness (QED) is 0.503. The van der Waals surface area contributed by atoms with Crippen molar-refractivity contribution in [1.29, 1.82) is 0 Å². The molecule has 3 aromatic carbocycles. The molecule has 0 spiro atoms. The molecule has 0 bridgehead atoms. The lowest BCUT2D eigenvalue weighted by Crippen LogP contribution is -2.30. The fraction of sp³-hybridized carbons (Fsp3) is 0.0909. The summed E-state index contributed by atoms with van der Waals surface area (Å²) in [4.78, 5) is 24.9. The Morgan fingerprint density at radius 3 is 2.37 bits per heavy atom. The summed E-state index contributed by atoms with van der Waals surface area (Å²) in [5.74, 6) is -0.878. The third kappa shape index (κ3) is 5.72. The van der Waals surface area contributed by atoms with Crippen molar-refractivity contribution in [3.63, 3.8) is 0 Å². The van der Waals surface area contributed by atoms with Crippen LogP contribution in [0.2, 0.25) is 10.0 Å². The summed E-state index contributed by atoms with van der Waals surface area (Å²) in [6.07, 6.45) is -0.847. The van der Waals surface area contributed by atoms with Gasteiger partial charge in [-0.1, -0.05) is 29.3 Å². The maximum absolute atomic E-state index is 13.0. The van der Waals surface area contributed by atoms with Crippen LogP contribution in [0.1, 0.15) is 17.3 Å². The lowest BCUT2D eigenvalue weighted by molar-refractivity contribution is -0.122. The molecule has 0 radical (unpaired) electrons. The largest absolute Gasteiger partial charge is 0.479 e. The molecule has 0 aliphatic heterocycles. The third-order valence-corrected chi connectivity index (χ3v) is 4.59. The van der Waals surface area contributed by atoms with Gasteiger partial charge in [0.1, 0.15) is 11.6 Å². The van der Waals surface area contributed by atoms with Gasteiger partial charge >= 0.3 is 0 Å². The molecule has 8 heteroatoms. The van der Waals surface area contributed by atoms with Crippen LogP contribution in [0, 0.1) is 5.82 Å². The first kappa shape index (κ1) is 21.6. The number of hydrogen-bond acceptors (Lipinski definition) is 3. The number of nitrogens with one attached hydrogen (secondary N) is 2. The van der Waals surface area contributed by atoms with E-state index in [1.54, 1.807) is 37.3 Å². The predicted molar refractivity (Wildman–Crippen MR) is 116 cm³/mol. The van der Waals surface area contributed by atoms with E-state index in [1.165, 1.54) is 36.4 Å². The van der Waals surface area contributed by atoms with E-state index < -0.39 is 23.7 Å². The Hall–Kier alpha value is -3.09. The van der Waals surface area contributed by atoms with Gasteiger partial charge in [0.25, 0.3) is 11.8 Å². The van der Waals surface area contributed by atoms with E-state index in [2.05, 4.69) is 10.6 Å². The van der Waals surface area contributed by atoms with Crippen molar-refractivity contribution in [1.82, 2.24) is 0 Å². The van der Waals surface area contributed by atoms with Gasteiger partial charge < -0.3 is 15.4 Å². The second-order valence-corrected chi connectivity index (χ2v) is 7.21. The summed E-state index contributed by atoms with van der Waals surface area (Å²) >= 11 is 11.9. The molecule has 0 fully saturated rings. The number of benzene rings is 3. The smallest absolute Gasteiger partial charge is 0.265 e. The van der Waals surface area contributed by atoms with Crippen LogP contribution in [0.5, 0.6) is 5.75 Å². The third-order valence-electron chi connectivity index (χ3n) is 4.06. The van der Waals surface area contributed by atoms with Crippen LogP contribution >= 0.6 is 23.2 Å². The second-order valence-electron chi connectivity index (χ2n) is 6.37. The molecule has 0 saturated heterocycles. The zero-order chi connectivity index (χ0) is 21.7. The molecule has 5 nitrogen and oxygen atoms in total. The molecular formula is C22H17Cl2FN2O3. The number of carbonyl (C=O) groups is 2. The number of hydrogen-bond donors (Lipinski definition) is 2. The summed E-state index contributed by atoms with van der Waals surface area (Å²) in [6, 6.07) is 16.5. The van der Waals surface area contributed by atoms with E-state index in [1.807, 2.05) is 0 Å². The molecule has 2 amide bonds. The zero-order valence-corrected chi connectivity index (χ0v) is 17.3. The predicted octanol–water partition coefficient (Wildman–Crippen LogP) is 5.79. The Morgan fingerprint density at radius 1 is 0.933 bits per heavy atom. The van der Waals surface area contributed by atoms with Crippen LogP contribution < -0.4 is 15.4 Å². The van der Waals surface area contributed by atoms with Gasteiger partial charge in [0, 0.05) is 22.0 Å². The maximum Gasteiger partial charge on any atom is 0.265 e. The Labute approximate surface area is 182 Å². The summed E-state index contributed by atoms with van der Waals surface area (Å²) in [7, 11) is 0. The average molecular weight is 447 g/mol. The van der Waals surface area contributed by atoms with E-state index in [0.29, 0.717) is 32.7 Å². The Morgan fingerprint density at radius 2 is 1.67 bits per heavy atom. The summed E-state index contributed by atoms with van der Waals surface area (Å²) in [5, 5.41) is 6.11. The molecule has 1 atom stereocenters. The molecule has 0 heterocycles. The van der Waals surface area contributed by atoms with Gasteiger partial charge in [0.05, 0.1) is 5.02 Å². The summed E-state index contributed by atoms with van der Waals surface area (Å²) < 4.78 is 18.6. The van der Waals surface area contributed by atoms with E-state index in [-0.39, 0.29) is 0 Å². The molecule has 0 saturated carbocycles. The highest BCUT2D eigenvalue weighted by Gasteiger charge is 2.17. The van der Waals surface area contributed by atoms with Crippen molar-refractivity contribution >= 4 is 46.4 Å². The monoisotopic (exact) mass is 446 g/mol. The first-order valence-electron chi connectivity index (χ1n) is 8.91. The molecule has 0 aliphatic carbocycles. The minimum Gasteiger partial charge on any atom is -0.479 e. The molecule has 2 N–H and O–H groups in total. The number of ether oxygens (including phenoxy) is 1. The van der Waals surface area contributed by atoms with Gasteiger partial charge in [0.15, 0.2) is 6.10 Å². The molecule has 0 aromatic heterocycles. The van der Waals surface area contributed by atoms with Crippen LogP contribution in [0.3, 0.4) is 0 Å². The van der Waals surface area contributed by atoms with E-state index >= 15 is 0 Å². The second kappa shape index (κ2) is 9.61. The minimum absolute atomic E-state index is 0.293. The molecule has 3 aromatic rings. The molecule has 3 rings (SSSR count). The molecule has 0 aliphatic rings. The van der Waals surface area contributed by atoms with Crippen molar-refractivity contribution in [2.45, 2.75) is 13.0 Å². The van der Waals surface area contributed by atoms with Crippen LogP contribution in [0.4, 0.5) is 15.8 Å². The van der Waals surface area contributed by atoms with Crippen molar-refractivity contribution in [2.24, 2.45) is 0 Å². The highest BCUT2D eigenvalue weighted by Crippen LogP contribution is 2.28. The lowest BCUT2D eigenvalue weighted by Gasteiger charge is -2.16. The van der Waals surface area contributed by atoms with E-state index in [9.17, 15) is 14.0 Å². The number of carbonyl (C=O) groups excluding carboxylic acids is 2. The first-order chi connectivity index (χ1) is 14.3. The van der Waals surface area contributed by atoms with Gasteiger partial charge in [-0.25, -0.2) is 4.39 Å².